The molecule has 1 saturated heterocycles. The third-order valence-corrected chi connectivity index (χ3v) is 4.08. The Morgan fingerprint density at radius 3 is 2.50 bits per heavy atom. The van der Waals surface area contributed by atoms with E-state index in [2.05, 4.69) is 5.32 Å². The zero-order valence-electron chi connectivity index (χ0n) is 10.9. The van der Waals surface area contributed by atoms with Crippen LogP contribution < -0.4 is 5.32 Å². The summed E-state index contributed by atoms with van der Waals surface area (Å²) in [5, 5.41) is 13.2. The van der Waals surface area contributed by atoms with E-state index >= 15 is 0 Å². The van der Waals surface area contributed by atoms with Crippen LogP contribution in [0.1, 0.15) is 30.4 Å². The second kappa shape index (κ2) is 5.92. The van der Waals surface area contributed by atoms with Crippen LogP contribution in [0.2, 0.25) is 5.02 Å². The average molecular weight is 308 g/mol. The highest BCUT2D eigenvalue weighted by molar-refractivity contribution is 6.31. The average Bonchev–Trinajstić information content (AvgIpc) is 2.37. The van der Waals surface area contributed by atoms with Crippen molar-refractivity contribution in [1.29, 1.82) is 0 Å². The molecule has 20 heavy (non-hydrogen) atoms. The number of alkyl halides is 3. The third kappa shape index (κ3) is 3.87. The Kier molecular flexibility index (Phi) is 4.62. The summed E-state index contributed by atoms with van der Waals surface area (Å²) in [6, 6.07) is 3.93. The highest BCUT2D eigenvalue weighted by Crippen LogP contribution is 2.35. The van der Waals surface area contributed by atoms with E-state index in [-0.39, 0.29) is 5.02 Å². The molecular weight excluding hydrogens is 291 g/mol. The van der Waals surface area contributed by atoms with Gasteiger partial charge in [0.25, 0.3) is 0 Å². The van der Waals surface area contributed by atoms with Crippen molar-refractivity contribution in [3.63, 3.8) is 0 Å². The van der Waals surface area contributed by atoms with Gasteiger partial charge in [-0.3, -0.25) is 0 Å². The van der Waals surface area contributed by atoms with Crippen molar-refractivity contribution in [3.8, 4) is 0 Å². The maximum absolute atomic E-state index is 12.8. The molecule has 1 aromatic carbocycles. The summed E-state index contributed by atoms with van der Waals surface area (Å²) in [6.45, 7) is 1.48. The molecule has 2 rings (SSSR count). The smallest absolute Gasteiger partial charge is 0.390 e. The Morgan fingerprint density at radius 2 is 1.90 bits per heavy atom. The maximum Gasteiger partial charge on any atom is 0.417 e. The van der Waals surface area contributed by atoms with Gasteiger partial charge < -0.3 is 10.4 Å². The standard InChI is InChI=1S/C14H17ClF3NO/c15-12-2-1-10(9-11(12)14(16,17)18)3-4-13(20)5-7-19-8-6-13/h1-2,9,19-20H,3-8H2. The largest absolute Gasteiger partial charge is 0.417 e. The molecule has 0 bridgehead atoms. The van der Waals surface area contributed by atoms with Gasteiger partial charge in [-0.2, -0.15) is 13.2 Å². The van der Waals surface area contributed by atoms with Crippen LogP contribution in [-0.2, 0) is 12.6 Å². The summed E-state index contributed by atoms with van der Waals surface area (Å²) >= 11 is 5.58. The SMILES string of the molecule is OC1(CCc2ccc(Cl)c(C(F)(F)F)c2)CCNCC1. The second-order valence-corrected chi connectivity index (χ2v) is 5.69. The Hall–Kier alpha value is -0.780. The molecule has 0 aliphatic carbocycles. The molecule has 0 spiro atoms. The molecule has 0 aromatic heterocycles. The van der Waals surface area contributed by atoms with Crippen molar-refractivity contribution in [3.05, 3.63) is 34.3 Å². The first-order chi connectivity index (χ1) is 9.30. The first-order valence-electron chi connectivity index (χ1n) is 6.59. The number of halogens is 4. The van der Waals surface area contributed by atoms with E-state index in [1.54, 1.807) is 6.07 Å². The topological polar surface area (TPSA) is 32.3 Å². The van der Waals surface area contributed by atoms with Crippen LogP contribution in [0.5, 0.6) is 0 Å². The summed E-state index contributed by atoms with van der Waals surface area (Å²) in [5.74, 6) is 0. The number of benzene rings is 1. The van der Waals surface area contributed by atoms with Crippen LogP contribution >= 0.6 is 11.6 Å². The van der Waals surface area contributed by atoms with Gasteiger partial charge >= 0.3 is 6.18 Å². The lowest BCUT2D eigenvalue weighted by atomic mass is 9.86. The predicted octanol–water partition coefficient (Wildman–Crippen LogP) is 3.41. The fraction of sp³-hybridized carbons (Fsp3) is 0.571. The van der Waals surface area contributed by atoms with E-state index < -0.39 is 17.3 Å². The molecule has 1 aliphatic rings. The van der Waals surface area contributed by atoms with Crippen molar-refractivity contribution in [1.82, 2.24) is 5.32 Å². The Balaban J connectivity index is 2.06. The van der Waals surface area contributed by atoms with Gasteiger partial charge in [0, 0.05) is 0 Å². The minimum Gasteiger partial charge on any atom is -0.390 e. The summed E-state index contributed by atoms with van der Waals surface area (Å²) in [6.07, 6.45) is -2.30. The third-order valence-electron chi connectivity index (χ3n) is 3.75. The van der Waals surface area contributed by atoms with Gasteiger partial charge in [-0.15, -0.1) is 0 Å². The summed E-state index contributed by atoms with van der Waals surface area (Å²) in [4.78, 5) is 0. The van der Waals surface area contributed by atoms with Crippen LogP contribution in [-0.4, -0.2) is 23.8 Å². The van der Waals surface area contributed by atoms with Crippen molar-refractivity contribution < 1.29 is 18.3 Å². The molecule has 2 nitrogen and oxygen atoms in total. The minimum atomic E-state index is -4.45. The zero-order chi connectivity index (χ0) is 14.8. The molecule has 2 N–H and O–H groups in total. The van der Waals surface area contributed by atoms with Crippen molar-refractivity contribution >= 4 is 11.6 Å². The predicted molar refractivity (Wildman–Crippen MR) is 71.8 cm³/mol. The number of nitrogens with one attached hydrogen (secondary N) is 1. The number of rotatable bonds is 3. The molecule has 0 radical (unpaired) electrons. The molecule has 1 heterocycles. The van der Waals surface area contributed by atoms with Gasteiger partial charge in [-0.25, -0.2) is 0 Å². The lowest BCUT2D eigenvalue weighted by molar-refractivity contribution is -0.137. The Bertz CT molecular complexity index is 470. The van der Waals surface area contributed by atoms with Gasteiger partial charge in [0.2, 0.25) is 0 Å². The number of aliphatic hydroxyl groups is 1. The van der Waals surface area contributed by atoms with Crippen molar-refractivity contribution in [2.45, 2.75) is 37.5 Å². The Labute approximate surface area is 120 Å². The number of aryl methyl sites for hydroxylation is 1. The van der Waals surface area contributed by atoms with Crippen LogP contribution in [0.15, 0.2) is 18.2 Å². The lowest BCUT2D eigenvalue weighted by Crippen LogP contribution is -2.42. The van der Waals surface area contributed by atoms with Crippen LogP contribution in [0.25, 0.3) is 0 Å². The molecule has 1 fully saturated rings. The fourth-order valence-corrected chi connectivity index (χ4v) is 2.69. The summed E-state index contributed by atoms with van der Waals surface area (Å²) < 4.78 is 38.3. The normalized spacial score (nSPS) is 19.1. The Morgan fingerprint density at radius 1 is 1.25 bits per heavy atom. The summed E-state index contributed by atoms with van der Waals surface area (Å²) in [5.41, 5.74) is -1.04. The van der Waals surface area contributed by atoms with Crippen LogP contribution in [0.3, 0.4) is 0 Å². The van der Waals surface area contributed by atoms with Gasteiger partial charge in [-0.05, 0) is 56.5 Å². The number of hydrogen-bond donors (Lipinski definition) is 2. The summed E-state index contributed by atoms with van der Waals surface area (Å²) in [7, 11) is 0. The number of piperidine rings is 1. The van der Waals surface area contributed by atoms with Gasteiger partial charge in [-0.1, -0.05) is 17.7 Å². The minimum absolute atomic E-state index is 0.290. The molecule has 1 aromatic rings. The maximum atomic E-state index is 12.8. The van der Waals surface area contributed by atoms with Gasteiger partial charge in [0.05, 0.1) is 16.2 Å². The van der Waals surface area contributed by atoms with Crippen LogP contribution in [0.4, 0.5) is 13.2 Å². The van der Waals surface area contributed by atoms with Crippen LogP contribution in [0, 0.1) is 0 Å². The van der Waals surface area contributed by atoms with E-state index in [0.29, 0.717) is 31.2 Å². The number of hydrogen-bond acceptors (Lipinski definition) is 2. The van der Waals surface area contributed by atoms with Gasteiger partial charge in [0.15, 0.2) is 0 Å². The molecule has 0 atom stereocenters. The quantitative estimate of drug-likeness (QED) is 0.897. The monoisotopic (exact) mass is 307 g/mol. The first-order valence-corrected chi connectivity index (χ1v) is 6.97. The van der Waals surface area contributed by atoms with E-state index in [9.17, 15) is 18.3 Å². The molecular formula is C14H17ClF3NO. The van der Waals surface area contributed by atoms with E-state index in [1.807, 2.05) is 0 Å². The second-order valence-electron chi connectivity index (χ2n) is 5.29. The first kappa shape index (κ1) is 15.6. The molecule has 112 valence electrons. The molecule has 0 unspecified atom stereocenters. The highest BCUT2D eigenvalue weighted by atomic mass is 35.5. The van der Waals surface area contributed by atoms with E-state index in [0.717, 1.165) is 19.2 Å². The van der Waals surface area contributed by atoms with E-state index in [4.69, 9.17) is 11.6 Å². The van der Waals surface area contributed by atoms with Crippen molar-refractivity contribution in [2.75, 3.05) is 13.1 Å². The lowest BCUT2D eigenvalue weighted by Gasteiger charge is -2.32. The molecule has 1 aliphatic heterocycles. The van der Waals surface area contributed by atoms with Gasteiger partial charge in [0.1, 0.15) is 0 Å². The molecule has 0 amide bonds. The molecule has 0 saturated carbocycles. The van der Waals surface area contributed by atoms with E-state index in [1.165, 1.54) is 6.07 Å². The fourth-order valence-electron chi connectivity index (χ4n) is 2.46. The molecule has 6 heteroatoms. The highest BCUT2D eigenvalue weighted by Gasteiger charge is 2.34. The van der Waals surface area contributed by atoms with Crippen molar-refractivity contribution in [2.24, 2.45) is 0 Å². The zero-order valence-corrected chi connectivity index (χ0v) is 11.7.